The van der Waals surface area contributed by atoms with Crippen LogP contribution in [0.3, 0.4) is 0 Å². The van der Waals surface area contributed by atoms with E-state index in [1.165, 1.54) is 16.3 Å². The van der Waals surface area contributed by atoms with Gasteiger partial charge in [0, 0.05) is 34.2 Å². The first-order valence-corrected chi connectivity index (χ1v) is 9.98. The molecule has 28 heavy (non-hydrogen) atoms. The number of carbonyl (C=O) groups is 1. The minimum Gasteiger partial charge on any atom is -0.360 e. The average Bonchev–Trinajstić information content (AvgIpc) is 3.13. The average molecular weight is 410 g/mol. The normalized spacial score (nSPS) is 11.2. The topological polar surface area (TPSA) is 67.8 Å². The summed E-state index contributed by atoms with van der Waals surface area (Å²) in [5.74, 6) is 0.142. The van der Waals surface area contributed by atoms with Crippen LogP contribution in [0.5, 0.6) is 0 Å². The fourth-order valence-corrected chi connectivity index (χ4v) is 4.15. The molecular weight excluding hydrogens is 394 g/mol. The van der Waals surface area contributed by atoms with Gasteiger partial charge in [-0.25, -0.2) is 4.98 Å². The minimum atomic E-state index is -0.200. The predicted molar refractivity (Wildman–Crippen MR) is 115 cm³/mol. The molecule has 5 nitrogen and oxygen atoms in total. The lowest BCUT2D eigenvalue weighted by atomic mass is 10.1. The zero-order valence-corrected chi connectivity index (χ0v) is 16.4. The van der Waals surface area contributed by atoms with Crippen molar-refractivity contribution in [1.82, 2.24) is 14.5 Å². The zero-order valence-electron chi connectivity index (χ0n) is 14.8. The molecule has 1 N–H and O–H groups in total. The highest BCUT2D eigenvalue weighted by Crippen LogP contribution is 2.24. The molecule has 0 saturated carbocycles. The lowest BCUT2D eigenvalue weighted by molar-refractivity contribution is 0.102. The summed E-state index contributed by atoms with van der Waals surface area (Å²) in [5, 5.41) is 2.29. The highest BCUT2D eigenvalue weighted by Gasteiger charge is 2.16. The Morgan fingerprint density at radius 1 is 1.25 bits per heavy atom. The second kappa shape index (κ2) is 7.66. The highest BCUT2D eigenvalue weighted by atomic mass is 35.5. The van der Waals surface area contributed by atoms with Crippen molar-refractivity contribution in [3.8, 4) is 0 Å². The van der Waals surface area contributed by atoms with Gasteiger partial charge in [-0.2, -0.15) is 0 Å². The predicted octanol–water partition coefficient (Wildman–Crippen LogP) is 4.69. The molecular formula is C21H16ClN3O2S. The lowest BCUT2D eigenvalue weighted by Gasteiger charge is -2.11. The number of carbonyl (C=O) groups excluding carboxylic acids is 1. The number of benzene rings is 2. The molecule has 0 unspecified atom stereocenters. The van der Waals surface area contributed by atoms with Crippen molar-refractivity contribution in [2.45, 2.75) is 11.7 Å². The Morgan fingerprint density at radius 2 is 2.07 bits per heavy atom. The fraction of sp³-hybridized carbons (Fsp3) is 0.0952. The Morgan fingerprint density at radius 3 is 2.89 bits per heavy atom. The summed E-state index contributed by atoms with van der Waals surface area (Å²) >= 11 is 7.26. The molecule has 140 valence electrons. The number of aromatic nitrogens is 3. The molecule has 0 saturated heterocycles. The molecule has 4 rings (SSSR count). The number of Topliss-reactive ketones (excluding diaryl/α,β-unsaturated/α-hetero) is 1. The first kappa shape index (κ1) is 18.5. The van der Waals surface area contributed by atoms with Crippen LogP contribution in [-0.2, 0) is 6.54 Å². The molecule has 0 atom stereocenters. The zero-order chi connectivity index (χ0) is 19.7. The molecule has 0 aliphatic heterocycles. The largest absolute Gasteiger partial charge is 0.360 e. The van der Waals surface area contributed by atoms with Crippen LogP contribution in [0.25, 0.3) is 21.8 Å². The van der Waals surface area contributed by atoms with Crippen molar-refractivity contribution < 1.29 is 4.79 Å². The summed E-state index contributed by atoms with van der Waals surface area (Å²) in [5.41, 5.74) is 1.90. The fourth-order valence-electron chi connectivity index (χ4n) is 3.08. The molecule has 0 radical (unpaired) electrons. The number of rotatable bonds is 6. The van der Waals surface area contributed by atoms with E-state index in [0.29, 0.717) is 33.2 Å². The van der Waals surface area contributed by atoms with Crippen LogP contribution >= 0.6 is 23.4 Å². The molecule has 4 aromatic rings. The van der Waals surface area contributed by atoms with Crippen LogP contribution < -0.4 is 5.56 Å². The first-order chi connectivity index (χ1) is 13.6. The first-order valence-electron chi connectivity index (χ1n) is 8.61. The molecule has 0 aliphatic rings. The van der Waals surface area contributed by atoms with E-state index < -0.39 is 0 Å². The molecule has 0 aliphatic carbocycles. The third-order valence-corrected chi connectivity index (χ3v) is 5.63. The van der Waals surface area contributed by atoms with Gasteiger partial charge in [0.1, 0.15) is 0 Å². The second-order valence-electron chi connectivity index (χ2n) is 6.22. The number of halogens is 1. The van der Waals surface area contributed by atoms with Gasteiger partial charge >= 0.3 is 0 Å². The number of hydrogen-bond donors (Lipinski definition) is 1. The van der Waals surface area contributed by atoms with Crippen molar-refractivity contribution in [3.05, 3.63) is 82.3 Å². The number of nitrogens with zero attached hydrogens (tertiary/aromatic N) is 2. The number of fused-ring (bicyclic) bond motifs is 2. The maximum absolute atomic E-state index is 12.9. The minimum absolute atomic E-state index is 0.0296. The van der Waals surface area contributed by atoms with Gasteiger partial charge in [-0.3, -0.25) is 14.2 Å². The number of nitrogens with one attached hydrogen (secondary N) is 1. The van der Waals surface area contributed by atoms with E-state index in [4.69, 9.17) is 11.6 Å². The SMILES string of the molecule is C=CCn1c(SCC(=O)c2c[nH]c3ccccc23)nc2ccc(Cl)cc2c1=O. The summed E-state index contributed by atoms with van der Waals surface area (Å²) in [7, 11) is 0. The van der Waals surface area contributed by atoms with E-state index in [-0.39, 0.29) is 17.1 Å². The Bertz CT molecular complexity index is 1280. The van der Waals surface area contributed by atoms with E-state index >= 15 is 0 Å². The van der Waals surface area contributed by atoms with Crippen molar-refractivity contribution >= 4 is 51.0 Å². The molecule has 2 heterocycles. The van der Waals surface area contributed by atoms with E-state index in [2.05, 4.69) is 16.5 Å². The number of thioether (sulfide) groups is 1. The van der Waals surface area contributed by atoms with Crippen LogP contribution in [0.2, 0.25) is 5.02 Å². The molecule has 0 fully saturated rings. The standard InChI is InChI=1S/C21H16ClN3O2S/c1-2-9-25-20(27)15-10-13(22)7-8-18(15)24-21(25)28-12-19(26)16-11-23-17-6-4-3-5-14(16)17/h2-8,10-11,23H,1,9,12H2. The number of aromatic amines is 1. The van der Waals surface area contributed by atoms with Gasteiger partial charge in [0.2, 0.25) is 0 Å². The summed E-state index contributed by atoms with van der Waals surface area (Å²) in [6.07, 6.45) is 3.35. The van der Waals surface area contributed by atoms with Crippen molar-refractivity contribution in [2.75, 3.05) is 5.75 Å². The second-order valence-corrected chi connectivity index (χ2v) is 7.60. The van der Waals surface area contributed by atoms with Crippen molar-refractivity contribution in [2.24, 2.45) is 0 Å². The Balaban J connectivity index is 1.68. The molecule has 0 bridgehead atoms. The molecule has 0 spiro atoms. The van der Waals surface area contributed by atoms with Crippen molar-refractivity contribution in [3.63, 3.8) is 0 Å². The van der Waals surface area contributed by atoms with Gasteiger partial charge in [0.05, 0.1) is 16.7 Å². The number of H-pyrrole nitrogens is 1. The van der Waals surface area contributed by atoms with Crippen LogP contribution in [0, 0.1) is 0 Å². The van der Waals surface area contributed by atoms with Crippen LogP contribution in [-0.4, -0.2) is 26.1 Å². The van der Waals surface area contributed by atoms with E-state index in [1.807, 2.05) is 24.3 Å². The lowest BCUT2D eigenvalue weighted by Crippen LogP contribution is -2.23. The Kier molecular flexibility index (Phi) is 5.07. The number of hydrogen-bond acceptors (Lipinski definition) is 4. The molecule has 2 aromatic heterocycles. The van der Waals surface area contributed by atoms with Gasteiger partial charge < -0.3 is 4.98 Å². The Hall–Kier alpha value is -2.83. The van der Waals surface area contributed by atoms with Crippen LogP contribution in [0.15, 0.2) is 71.3 Å². The summed E-state index contributed by atoms with van der Waals surface area (Å²) in [4.78, 5) is 33.3. The number of ketones is 1. The highest BCUT2D eigenvalue weighted by molar-refractivity contribution is 7.99. The summed E-state index contributed by atoms with van der Waals surface area (Å²) in [6.45, 7) is 4.02. The van der Waals surface area contributed by atoms with Crippen LogP contribution in [0.1, 0.15) is 10.4 Å². The monoisotopic (exact) mass is 409 g/mol. The summed E-state index contributed by atoms with van der Waals surface area (Å²) < 4.78 is 1.51. The Labute approximate surface area is 170 Å². The van der Waals surface area contributed by atoms with Gasteiger partial charge in [0.15, 0.2) is 10.9 Å². The van der Waals surface area contributed by atoms with Gasteiger partial charge in [-0.1, -0.05) is 47.6 Å². The van der Waals surface area contributed by atoms with Crippen LogP contribution in [0.4, 0.5) is 0 Å². The van der Waals surface area contributed by atoms with E-state index in [1.54, 1.807) is 30.5 Å². The maximum atomic E-state index is 12.9. The van der Waals surface area contributed by atoms with Gasteiger partial charge in [0.25, 0.3) is 5.56 Å². The third kappa shape index (κ3) is 3.37. The number of allylic oxidation sites excluding steroid dienone is 1. The molecule has 2 aromatic carbocycles. The van der Waals surface area contributed by atoms with Crippen molar-refractivity contribution in [1.29, 1.82) is 0 Å². The molecule has 7 heteroatoms. The van der Waals surface area contributed by atoms with E-state index in [0.717, 1.165) is 10.9 Å². The van der Waals surface area contributed by atoms with Gasteiger partial charge in [-0.05, 0) is 24.3 Å². The molecule has 0 amide bonds. The van der Waals surface area contributed by atoms with Gasteiger partial charge in [-0.15, -0.1) is 6.58 Å². The summed E-state index contributed by atoms with van der Waals surface area (Å²) in [6, 6.07) is 12.7. The quantitative estimate of drug-likeness (QED) is 0.217. The number of para-hydroxylation sites is 1. The maximum Gasteiger partial charge on any atom is 0.262 e. The third-order valence-electron chi connectivity index (χ3n) is 4.41. The smallest absolute Gasteiger partial charge is 0.262 e. The van der Waals surface area contributed by atoms with E-state index in [9.17, 15) is 9.59 Å².